The molecule has 2 aromatic heterocycles. The quantitative estimate of drug-likeness (QED) is 0.166. The second-order valence-corrected chi connectivity index (χ2v) is 8.06. The number of nitrogens with one attached hydrogen (secondary N) is 1. The van der Waals surface area contributed by atoms with E-state index in [0.717, 1.165) is 9.86 Å². The summed E-state index contributed by atoms with van der Waals surface area (Å²) in [4.78, 5) is 27.2. The third kappa shape index (κ3) is 4.37. The van der Waals surface area contributed by atoms with Gasteiger partial charge in [0.05, 0.1) is 16.2 Å². The van der Waals surface area contributed by atoms with Crippen molar-refractivity contribution >= 4 is 55.2 Å². The number of benzene rings is 2. The van der Waals surface area contributed by atoms with Crippen LogP contribution in [0.3, 0.4) is 0 Å². The molecule has 152 valence electrons. The van der Waals surface area contributed by atoms with Gasteiger partial charge in [0.15, 0.2) is 0 Å². The predicted molar refractivity (Wildman–Crippen MR) is 122 cm³/mol. The van der Waals surface area contributed by atoms with Crippen LogP contribution < -0.4 is 10.9 Å². The van der Waals surface area contributed by atoms with Crippen molar-refractivity contribution in [3.8, 4) is 17.3 Å². The summed E-state index contributed by atoms with van der Waals surface area (Å²) in [7, 11) is 0. The summed E-state index contributed by atoms with van der Waals surface area (Å²) in [5.74, 6) is 0. The summed E-state index contributed by atoms with van der Waals surface area (Å²) in [6, 6.07) is 15.0. The summed E-state index contributed by atoms with van der Waals surface area (Å²) < 4.78 is 6.22. The Balaban J connectivity index is 1.65. The molecule has 1 N–H and O–H groups in total. The first-order chi connectivity index (χ1) is 14.9. The number of allylic oxidation sites excluding steroid dienone is 1. The van der Waals surface area contributed by atoms with Crippen LogP contribution in [0.5, 0.6) is 0 Å². The van der Waals surface area contributed by atoms with Crippen molar-refractivity contribution in [1.29, 1.82) is 5.26 Å². The summed E-state index contributed by atoms with van der Waals surface area (Å²) in [5, 5.41) is 26.1. The first-order valence-corrected chi connectivity index (χ1v) is 10.4. The number of hydrogen-bond acceptors (Lipinski definition) is 8. The number of nitro benzene ring substituents is 1. The average molecular weight is 495 g/mol. The molecule has 0 radical (unpaired) electrons. The van der Waals surface area contributed by atoms with Gasteiger partial charge in [-0.25, -0.2) is 9.78 Å². The zero-order valence-corrected chi connectivity index (χ0v) is 17.9. The molecule has 10 heteroatoms. The molecular formula is C21H11BrN4O4S. The van der Waals surface area contributed by atoms with Crippen molar-refractivity contribution in [2.24, 2.45) is 0 Å². The summed E-state index contributed by atoms with van der Waals surface area (Å²) in [6.07, 6.45) is 1.42. The number of anilines is 1. The fraction of sp³-hybridized carbons (Fsp3) is 0. The molecule has 0 unspecified atom stereocenters. The van der Waals surface area contributed by atoms with Crippen molar-refractivity contribution in [3.63, 3.8) is 0 Å². The molecule has 0 amide bonds. The molecular weight excluding hydrogens is 484 g/mol. The number of thiazole rings is 1. The van der Waals surface area contributed by atoms with Crippen LogP contribution in [-0.4, -0.2) is 9.91 Å². The minimum atomic E-state index is -0.524. The Kier molecular flexibility index (Phi) is 5.62. The first-order valence-electron chi connectivity index (χ1n) is 8.75. The van der Waals surface area contributed by atoms with E-state index < -0.39 is 10.5 Å². The maximum Gasteiger partial charge on any atom is 0.345 e. The molecule has 0 atom stereocenters. The number of nitriles is 1. The zero-order chi connectivity index (χ0) is 22.0. The van der Waals surface area contributed by atoms with Crippen molar-refractivity contribution in [3.05, 3.63) is 90.1 Å². The van der Waals surface area contributed by atoms with Crippen LogP contribution >= 0.6 is 27.3 Å². The van der Waals surface area contributed by atoms with E-state index in [1.807, 2.05) is 12.1 Å². The van der Waals surface area contributed by atoms with Gasteiger partial charge in [-0.05, 0) is 30.3 Å². The maximum atomic E-state index is 12.4. The topological polar surface area (TPSA) is 122 Å². The van der Waals surface area contributed by atoms with Gasteiger partial charge in [-0.3, -0.25) is 10.1 Å². The smallest absolute Gasteiger partial charge is 0.345 e. The number of nitro groups is 1. The summed E-state index contributed by atoms with van der Waals surface area (Å²) >= 11 is 4.59. The van der Waals surface area contributed by atoms with Gasteiger partial charge in [-0.15, -0.1) is 11.3 Å². The Labute approximate surface area is 187 Å². The number of non-ortho nitro benzene ring substituents is 1. The molecule has 4 rings (SSSR count). The summed E-state index contributed by atoms with van der Waals surface area (Å²) in [5.41, 5.74) is 1.23. The highest BCUT2D eigenvalue weighted by Crippen LogP contribution is 2.27. The lowest BCUT2D eigenvalue weighted by atomic mass is 10.1. The highest BCUT2D eigenvalue weighted by molar-refractivity contribution is 9.10. The molecule has 0 spiro atoms. The highest BCUT2D eigenvalue weighted by Gasteiger charge is 2.14. The average Bonchev–Trinajstić information content (AvgIpc) is 3.24. The second kappa shape index (κ2) is 8.51. The molecule has 2 aromatic carbocycles. The fourth-order valence-corrected chi connectivity index (χ4v) is 3.96. The van der Waals surface area contributed by atoms with E-state index in [9.17, 15) is 20.2 Å². The molecule has 31 heavy (non-hydrogen) atoms. The minimum absolute atomic E-state index is 0.0666. The normalized spacial score (nSPS) is 11.3. The SMILES string of the molecule is N#CC(=CNc1cccc([N+](=O)[O-])c1)c1nc(-c2cc3cc(Br)ccc3oc2=O)cs1. The van der Waals surface area contributed by atoms with Crippen molar-refractivity contribution in [1.82, 2.24) is 4.98 Å². The molecule has 0 saturated heterocycles. The Morgan fingerprint density at radius 1 is 1.29 bits per heavy atom. The van der Waals surface area contributed by atoms with Crippen LogP contribution in [-0.2, 0) is 0 Å². The van der Waals surface area contributed by atoms with E-state index in [0.29, 0.717) is 22.0 Å². The third-order valence-electron chi connectivity index (χ3n) is 4.27. The van der Waals surface area contributed by atoms with Crippen LogP contribution in [0, 0.1) is 21.4 Å². The Morgan fingerprint density at radius 2 is 2.13 bits per heavy atom. The Hall–Kier alpha value is -3.81. The summed E-state index contributed by atoms with van der Waals surface area (Å²) in [6.45, 7) is 0. The van der Waals surface area contributed by atoms with Crippen LogP contribution in [0.25, 0.3) is 27.8 Å². The van der Waals surface area contributed by atoms with Crippen LogP contribution in [0.2, 0.25) is 0 Å². The lowest BCUT2D eigenvalue weighted by Gasteiger charge is -2.01. The van der Waals surface area contributed by atoms with Crippen LogP contribution in [0.15, 0.2) is 73.8 Å². The van der Waals surface area contributed by atoms with Gasteiger partial charge in [-0.1, -0.05) is 22.0 Å². The Morgan fingerprint density at radius 3 is 2.90 bits per heavy atom. The number of hydrogen-bond donors (Lipinski definition) is 1. The minimum Gasteiger partial charge on any atom is -0.422 e. The molecule has 0 aliphatic rings. The van der Waals surface area contributed by atoms with Gasteiger partial charge in [0.2, 0.25) is 0 Å². The molecule has 0 fully saturated rings. The largest absolute Gasteiger partial charge is 0.422 e. The van der Waals surface area contributed by atoms with E-state index in [-0.39, 0.29) is 16.8 Å². The fourth-order valence-electron chi connectivity index (χ4n) is 2.80. The van der Waals surface area contributed by atoms with E-state index in [4.69, 9.17) is 4.42 Å². The van der Waals surface area contributed by atoms with Gasteiger partial charge in [0.25, 0.3) is 5.69 Å². The van der Waals surface area contributed by atoms with E-state index in [2.05, 4.69) is 26.2 Å². The van der Waals surface area contributed by atoms with Gasteiger partial charge < -0.3 is 9.73 Å². The standard InChI is InChI=1S/C21H11BrN4O4S/c22-14-4-5-19-12(6-14)7-17(21(27)30-19)18-11-31-20(25-18)13(9-23)10-24-15-2-1-3-16(8-15)26(28)29/h1-8,10-11,24H. The molecule has 4 aromatic rings. The van der Waals surface area contributed by atoms with Crippen molar-refractivity contribution in [2.75, 3.05) is 5.32 Å². The molecule has 0 bridgehead atoms. The monoisotopic (exact) mass is 494 g/mol. The molecule has 0 saturated carbocycles. The third-order valence-corrected chi connectivity index (χ3v) is 5.63. The second-order valence-electron chi connectivity index (χ2n) is 6.29. The van der Waals surface area contributed by atoms with Gasteiger partial charge >= 0.3 is 5.63 Å². The number of fused-ring (bicyclic) bond motifs is 1. The lowest BCUT2D eigenvalue weighted by Crippen LogP contribution is -2.03. The number of nitrogens with zero attached hydrogens (tertiary/aromatic N) is 3. The number of aromatic nitrogens is 1. The first kappa shape index (κ1) is 20.5. The molecule has 0 aliphatic heterocycles. The van der Waals surface area contributed by atoms with Gasteiger partial charge in [0, 0.05) is 39.3 Å². The van der Waals surface area contributed by atoms with Crippen LogP contribution in [0.1, 0.15) is 5.01 Å². The molecule has 2 heterocycles. The molecule has 8 nitrogen and oxygen atoms in total. The lowest BCUT2D eigenvalue weighted by molar-refractivity contribution is -0.384. The predicted octanol–water partition coefficient (Wildman–Crippen LogP) is 5.56. The maximum absolute atomic E-state index is 12.4. The van der Waals surface area contributed by atoms with E-state index in [1.54, 1.807) is 35.7 Å². The van der Waals surface area contributed by atoms with Gasteiger partial charge in [0.1, 0.15) is 22.2 Å². The molecule has 0 aliphatic carbocycles. The van der Waals surface area contributed by atoms with Crippen LogP contribution in [0.4, 0.5) is 11.4 Å². The van der Waals surface area contributed by atoms with E-state index >= 15 is 0 Å². The van der Waals surface area contributed by atoms with E-state index in [1.165, 1.54) is 29.7 Å². The Bertz CT molecular complexity index is 1450. The highest BCUT2D eigenvalue weighted by atomic mass is 79.9. The van der Waals surface area contributed by atoms with Crippen molar-refractivity contribution in [2.45, 2.75) is 0 Å². The van der Waals surface area contributed by atoms with Crippen molar-refractivity contribution < 1.29 is 9.34 Å². The van der Waals surface area contributed by atoms with Gasteiger partial charge in [-0.2, -0.15) is 5.26 Å². The number of halogens is 1. The zero-order valence-electron chi connectivity index (χ0n) is 15.5. The number of rotatable bonds is 5.